The van der Waals surface area contributed by atoms with Crippen molar-refractivity contribution in [2.75, 3.05) is 19.7 Å². The Kier molecular flexibility index (Phi) is 6.25. The van der Waals surface area contributed by atoms with Gasteiger partial charge in [0.05, 0.1) is 16.5 Å². The molecule has 0 aliphatic rings. The summed E-state index contributed by atoms with van der Waals surface area (Å²) in [6.45, 7) is 3.94. The minimum absolute atomic E-state index is 0.0498. The molecule has 0 bridgehead atoms. The molecule has 0 saturated carbocycles. The first-order valence-electron chi connectivity index (χ1n) is 6.03. The van der Waals surface area contributed by atoms with Crippen LogP contribution in [0.15, 0.2) is 23.1 Å². The van der Waals surface area contributed by atoms with Crippen LogP contribution in [0.2, 0.25) is 5.02 Å². The fourth-order valence-corrected chi connectivity index (χ4v) is 2.79. The predicted octanol–water partition coefficient (Wildman–Crippen LogP) is 1.15. The Morgan fingerprint density at radius 2 is 2.05 bits per heavy atom. The minimum atomic E-state index is -3.65. The molecule has 1 aromatic carbocycles. The van der Waals surface area contributed by atoms with Crippen molar-refractivity contribution >= 4 is 27.5 Å². The van der Waals surface area contributed by atoms with E-state index in [2.05, 4.69) is 10.0 Å². The van der Waals surface area contributed by atoms with Crippen molar-refractivity contribution < 1.29 is 17.9 Å². The molecule has 0 fully saturated rings. The highest BCUT2D eigenvalue weighted by Crippen LogP contribution is 2.27. The number of carbonyl (C=O) groups is 1. The number of benzene rings is 1. The molecule has 6 nitrogen and oxygen atoms in total. The molecular formula is C12H17ClN2O4S. The monoisotopic (exact) mass is 320 g/mol. The Morgan fingerprint density at radius 3 is 2.60 bits per heavy atom. The van der Waals surface area contributed by atoms with Crippen molar-refractivity contribution in [3.8, 4) is 5.75 Å². The lowest BCUT2D eigenvalue weighted by Gasteiger charge is -2.10. The van der Waals surface area contributed by atoms with Crippen molar-refractivity contribution in [1.82, 2.24) is 10.0 Å². The molecule has 1 aromatic rings. The number of hydrogen-bond donors (Lipinski definition) is 2. The van der Waals surface area contributed by atoms with Gasteiger partial charge in [-0.05, 0) is 25.1 Å². The molecule has 0 atom stereocenters. The topological polar surface area (TPSA) is 84.5 Å². The summed E-state index contributed by atoms with van der Waals surface area (Å²) < 4.78 is 31.6. The summed E-state index contributed by atoms with van der Waals surface area (Å²) in [5.74, 6) is 0.222. The van der Waals surface area contributed by atoms with E-state index in [1.807, 2.05) is 6.92 Å². The third-order valence-corrected chi connectivity index (χ3v) is 4.06. The fraction of sp³-hybridized carbons (Fsp3) is 0.417. The number of nitrogens with one attached hydrogen (secondary N) is 2. The Bertz CT molecular complexity index is 575. The highest BCUT2D eigenvalue weighted by Gasteiger charge is 2.15. The molecule has 0 aliphatic heterocycles. The molecule has 112 valence electrons. The molecule has 20 heavy (non-hydrogen) atoms. The van der Waals surface area contributed by atoms with Gasteiger partial charge in [-0.25, -0.2) is 13.1 Å². The molecule has 0 aromatic heterocycles. The van der Waals surface area contributed by atoms with Gasteiger partial charge >= 0.3 is 0 Å². The maximum absolute atomic E-state index is 12.0. The molecule has 8 heteroatoms. The lowest BCUT2D eigenvalue weighted by atomic mass is 10.3. The molecule has 2 N–H and O–H groups in total. The van der Waals surface area contributed by atoms with Gasteiger partial charge in [-0.1, -0.05) is 11.6 Å². The average Bonchev–Trinajstić information content (AvgIpc) is 2.37. The van der Waals surface area contributed by atoms with Crippen LogP contribution >= 0.6 is 11.6 Å². The van der Waals surface area contributed by atoms with Gasteiger partial charge in [0.15, 0.2) is 0 Å². The van der Waals surface area contributed by atoms with Gasteiger partial charge in [0.25, 0.3) is 0 Å². The van der Waals surface area contributed by atoms with Crippen LogP contribution in [0.5, 0.6) is 5.75 Å². The van der Waals surface area contributed by atoms with Gasteiger partial charge in [0, 0.05) is 20.0 Å². The molecule has 1 rings (SSSR count). The zero-order chi connectivity index (χ0) is 15.2. The summed E-state index contributed by atoms with van der Waals surface area (Å²) in [6.07, 6.45) is 0. The number of rotatable bonds is 7. The Morgan fingerprint density at radius 1 is 1.35 bits per heavy atom. The molecule has 0 saturated heterocycles. The standard InChI is InChI=1S/C12H17ClN2O4S/c1-3-19-12-5-4-10(8-11(12)13)20(17,18)15-7-6-14-9(2)16/h4-5,8,15H,3,6-7H2,1-2H3,(H,14,16). The Balaban J connectivity index is 2.72. The van der Waals surface area contributed by atoms with Crippen LogP contribution in [0.3, 0.4) is 0 Å². The zero-order valence-electron chi connectivity index (χ0n) is 11.3. The van der Waals surface area contributed by atoms with E-state index in [4.69, 9.17) is 16.3 Å². The first-order chi connectivity index (χ1) is 9.36. The summed E-state index contributed by atoms with van der Waals surface area (Å²) in [6, 6.07) is 4.25. The predicted molar refractivity (Wildman–Crippen MR) is 76.5 cm³/mol. The third-order valence-electron chi connectivity index (χ3n) is 2.30. The van der Waals surface area contributed by atoms with Gasteiger partial charge in [-0.2, -0.15) is 0 Å². The third kappa shape index (κ3) is 4.99. The van der Waals surface area contributed by atoms with E-state index >= 15 is 0 Å². The molecule has 0 radical (unpaired) electrons. The second-order valence-electron chi connectivity index (χ2n) is 3.91. The number of ether oxygens (including phenoxy) is 1. The van der Waals surface area contributed by atoms with Gasteiger partial charge in [-0.3, -0.25) is 4.79 Å². The lowest BCUT2D eigenvalue weighted by molar-refractivity contribution is -0.118. The summed E-state index contributed by atoms with van der Waals surface area (Å²) in [7, 11) is -3.65. The second-order valence-corrected chi connectivity index (χ2v) is 6.08. The first-order valence-corrected chi connectivity index (χ1v) is 7.89. The zero-order valence-corrected chi connectivity index (χ0v) is 12.8. The lowest BCUT2D eigenvalue weighted by Crippen LogP contribution is -2.33. The first kappa shape index (κ1) is 16.7. The fourth-order valence-electron chi connectivity index (χ4n) is 1.43. The normalized spacial score (nSPS) is 11.2. The van der Waals surface area contributed by atoms with Crippen molar-refractivity contribution in [3.63, 3.8) is 0 Å². The van der Waals surface area contributed by atoms with Crippen LogP contribution in [0, 0.1) is 0 Å². The number of halogens is 1. The van der Waals surface area contributed by atoms with Crippen molar-refractivity contribution in [3.05, 3.63) is 23.2 Å². The van der Waals surface area contributed by atoms with Gasteiger partial charge in [0.2, 0.25) is 15.9 Å². The van der Waals surface area contributed by atoms with Crippen molar-refractivity contribution in [2.45, 2.75) is 18.7 Å². The van der Waals surface area contributed by atoms with Crippen LogP contribution in [0.25, 0.3) is 0 Å². The van der Waals surface area contributed by atoms with Gasteiger partial charge < -0.3 is 10.1 Å². The number of amides is 1. The highest BCUT2D eigenvalue weighted by atomic mass is 35.5. The average molecular weight is 321 g/mol. The highest BCUT2D eigenvalue weighted by molar-refractivity contribution is 7.89. The van der Waals surface area contributed by atoms with E-state index in [9.17, 15) is 13.2 Å². The largest absolute Gasteiger partial charge is 0.492 e. The maximum atomic E-state index is 12.0. The van der Waals surface area contributed by atoms with E-state index in [-0.39, 0.29) is 28.9 Å². The maximum Gasteiger partial charge on any atom is 0.240 e. The van der Waals surface area contributed by atoms with E-state index in [1.165, 1.54) is 25.1 Å². The minimum Gasteiger partial charge on any atom is -0.492 e. The van der Waals surface area contributed by atoms with Crippen molar-refractivity contribution in [2.24, 2.45) is 0 Å². The number of hydrogen-bond acceptors (Lipinski definition) is 4. The van der Waals surface area contributed by atoms with E-state index in [0.29, 0.717) is 12.4 Å². The molecule has 0 heterocycles. The van der Waals surface area contributed by atoms with E-state index in [0.717, 1.165) is 0 Å². The second kappa shape index (κ2) is 7.47. The number of carbonyl (C=O) groups excluding carboxylic acids is 1. The number of sulfonamides is 1. The summed E-state index contributed by atoms with van der Waals surface area (Å²) in [4.78, 5) is 10.7. The van der Waals surface area contributed by atoms with Crippen LogP contribution in [0.4, 0.5) is 0 Å². The van der Waals surface area contributed by atoms with Gasteiger partial charge in [-0.15, -0.1) is 0 Å². The SMILES string of the molecule is CCOc1ccc(S(=O)(=O)NCCNC(C)=O)cc1Cl. The summed E-state index contributed by atoms with van der Waals surface area (Å²) in [5.41, 5.74) is 0. The smallest absolute Gasteiger partial charge is 0.240 e. The molecule has 0 spiro atoms. The Hall–Kier alpha value is -1.31. The molecule has 0 aliphatic carbocycles. The van der Waals surface area contributed by atoms with Crippen LogP contribution in [0.1, 0.15) is 13.8 Å². The summed E-state index contributed by atoms with van der Waals surface area (Å²) >= 11 is 5.94. The van der Waals surface area contributed by atoms with Crippen molar-refractivity contribution in [1.29, 1.82) is 0 Å². The van der Waals surface area contributed by atoms with Crippen LogP contribution in [-0.4, -0.2) is 34.0 Å². The van der Waals surface area contributed by atoms with Crippen LogP contribution in [-0.2, 0) is 14.8 Å². The molecule has 1 amide bonds. The van der Waals surface area contributed by atoms with E-state index < -0.39 is 10.0 Å². The summed E-state index contributed by atoms with van der Waals surface area (Å²) in [5, 5.41) is 2.73. The van der Waals surface area contributed by atoms with E-state index in [1.54, 1.807) is 0 Å². The quantitative estimate of drug-likeness (QED) is 0.738. The molecular weight excluding hydrogens is 304 g/mol. The van der Waals surface area contributed by atoms with Gasteiger partial charge in [0.1, 0.15) is 5.75 Å². The van der Waals surface area contributed by atoms with Crippen LogP contribution < -0.4 is 14.8 Å². The molecule has 0 unspecified atom stereocenters. The Labute approximate surface area is 123 Å².